The molecule has 0 saturated carbocycles. The summed E-state index contributed by atoms with van der Waals surface area (Å²) in [5.74, 6) is -1.69. The number of carboxylic acid groups (broad SMARTS) is 1. The lowest BCUT2D eigenvalue weighted by atomic mass is 10.0. The summed E-state index contributed by atoms with van der Waals surface area (Å²) in [6.45, 7) is 3.48. The Labute approximate surface area is 118 Å². The molecule has 0 aliphatic carbocycles. The Kier molecular flexibility index (Phi) is 4.96. The van der Waals surface area contributed by atoms with E-state index in [1.54, 1.807) is 32.0 Å². The molecule has 0 aromatic heterocycles. The SMILES string of the molecule is CC(C)C(NC(=O)c1ccc(N(C)C)c(N)c1)C(=O)O. The number of amides is 1. The summed E-state index contributed by atoms with van der Waals surface area (Å²) in [6, 6.07) is 3.98. The van der Waals surface area contributed by atoms with E-state index in [2.05, 4.69) is 5.32 Å². The Balaban J connectivity index is 2.93. The number of nitrogen functional groups attached to an aromatic ring is 1. The molecule has 1 amide bonds. The first-order valence-corrected chi connectivity index (χ1v) is 6.34. The lowest BCUT2D eigenvalue weighted by Gasteiger charge is -2.19. The van der Waals surface area contributed by atoms with Gasteiger partial charge in [0.05, 0.1) is 11.4 Å². The van der Waals surface area contributed by atoms with Crippen LogP contribution in [0.3, 0.4) is 0 Å². The molecule has 1 aromatic carbocycles. The third-order valence-corrected chi connectivity index (χ3v) is 2.99. The zero-order chi connectivity index (χ0) is 15.4. The van der Waals surface area contributed by atoms with Crippen molar-refractivity contribution in [3.05, 3.63) is 23.8 Å². The molecule has 0 radical (unpaired) electrons. The van der Waals surface area contributed by atoms with Crippen LogP contribution in [0.1, 0.15) is 24.2 Å². The summed E-state index contributed by atoms with van der Waals surface area (Å²) < 4.78 is 0. The van der Waals surface area contributed by atoms with Crippen LogP contribution in [0.4, 0.5) is 11.4 Å². The number of aliphatic carboxylic acids is 1. The fourth-order valence-corrected chi connectivity index (χ4v) is 1.84. The van der Waals surface area contributed by atoms with Gasteiger partial charge in [0.2, 0.25) is 0 Å². The van der Waals surface area contributed by atoms with Gasteiger partial charge in [0.25, 0.3) is 5.91 Å². The molecule has 0 fully saturated rings. The van der Waals surface area contributed by atoms with Gasteiger partial charge in [-0.3, -0.25) is 4.79 Å². The van der Waals surface area contributed by atoms with Crippen molar-refractivity contribution in [3.8, 4) is 0 Å². The third kappa shape index (κ3) is 3.63. The minimum absolute atomic E-state index is 0.199. The number of nitrogens with one attached hydrogen (secondary N) is 1. The van der Waals surface area contributed by atoms with Crippen LogP contribution in [0, 0.1) is 5.92 Å². The maximum atomic E-state index is 12.1. The molecule has 0 heterocycles. The number of hydrogen-bond donors (Lipinski definition) is 3. The van der Waals surface area contributed by atoms with Gasteiger partial charge in [0, 0.05) is 19.7 Å². The second-order valence-corrected chi connectivity index (χ2v) is 5.20. The molecule has 6 heteroatoms. The van der Waals surface area contributed by atoms with Gasteiger partial charge >= 0.3 is 5.97 Å². The zero-order valence-electron chi connectivity index (χ0n) is 12.2. The van der Waals surface area contributed by atoms with Gasteiger partial charge in [-0.2, -0.15) is 0 Å². The van der Waals surface area contributed by atoms with Gasteiger partial charge in [-0.1, -0.05) is 13.8 Å². The molecule has 1 rings (SSSR count). The average Bonchev–Trinajstić information content (AvgIpc) is 2.34. The fourth-order valence-electron chi connectivity index (χ4n) is 1.84. The van der Waals surface area contributed by atoms with Crippen molar-refractivity contribution < 1.29 is 14.7 Å². The van der Waals surface area contributed by atoms with E-state index in [1.165, 1.54) is 0 Å². The number of hydrogen-bond acceptors (Lipinski definition) is 4. The van der Waals surface area contributed by atoms with Crippen molar-refractivity contribution in [1.82, 2.24) is 5.32 Å². The van der Waals surface area contributed by atoms with E-state index in [0.29, 0.717) is 11.3 Å². The number of carboxylic acids is 1. The molecule has 0 aliphatic heterocycles. The van der Waals surface area contributed by atoms with Crippen LogP contribution in [-0.4, -0.2) is 37.1 Å². The largest absolute Gasteiger partial charge is 0.480 e. The Bertz CT molecular complexity index is 512. The van der Waals surface area contributed by atoms with Crippen LogP contribution in [-0.2, 0) is 4.79 Å². The molecule has 6 nitrogen and oxygen atoms in total. The molecule has 0 aliphatic rings. The van der Waals surface area contributed by atoms with Gasteiger partial charge < -0.3 is 21.1 Å². The number of benzene rings is 1. The average molecular weight is 279 g/mol. The molecular weight excluding hydrogens is 258 g/mol. The zero-order valence-corrected chi connectivity index (χ0v) is 12.2. The molecule has 20 heavy (non-hydrogen) atoms. The molecule has 1 atom stereocenters. The first kappa shape index (κ1) is 15.8. The Morgan fingerprint density at radius 1 is 1.30 bits per heavy atom. The van der Waals surface area contributed by atoms with Gasteiger partial charge in [0.15, 0.2) is 0 Å². The first-order valence-electron chi connectivity index (χ1n) is 6.34. The van der Waals surface area contributed by atoms with Crippen molar-refractivity contribution in [2.45, 2.75) is 19.9 Å². The van der Waals surface area contributed by atoms with Crippen LogP contribution < -0.4 is 16.0 Å². The fraction of sp³-hybridized carbons (Fsp3) is 0.429. The molecule has 4 N–H and O–H groups in total. The summed E-state index contributed by atoms with van der Waals surface area (Å²) in [5.41, 5.74) is 7.50. The van der Waals surface area contributed by atoms with Gasteiger partial charge in [0.1, 0.15) is 6.04 Å². The van der Waals surface area contributed by atoms with Crippen molar-refractivity contribution >= 4 is 23.3 Å². The number of nitrogens with two attached hydrogens (primary N) is 1. The van der Waals surface area contributed by atoms with Gasteiger partial charge in [-0.25, -0.2) is 4.79 Å². The van der Waals surface area contributed by atoms with Crippen LogP contribution >= 0.6 is 0 Å². The number of anilines is 2. The second kappa shape index (κ2) is 6.27. The minimum Gasteiger partial charge on any atom is -0.480 e. The highest BCUT2D eigenvalue weighted by atomic mass is 16.4. The maximum Gasteiger partial charge on any atom is 0.326 e. The highest BCUT2D eigenvalue weighted by Gasteiger charge is 2.24. The highest BCUT2D eigenvalue weighted by Crippen LogP contribution is 2.22. The number of nitrogens with zero attached hydrogens (tertiary/aromatic N) is 1. The second-order valence-electron chi connectivity index (χ2n) is 5.20. The van der Waals surface area contributed by atoms with Crippen molar-refractivity contribution in [2.75, 3.05) is 24.7 Å². The summed E-state index contributed by atoms with van der Waals surface area (Å²) in [7, 11) is 3.70. The summed E-state index contributed by atoms with van der Waals surface area (Å²) in [4.78, 5) is 25.0. The van der Waals surface area contributed by atoms with E-state index in [0.717, 1.165) is 5.69 Å². The van der Waals surface area contributed by atoms with Crippen molar-refractivity contribution in [2.24, 2.45) is 5.92 Å². The van der Waals surface area contributed by atoms with E-state index < -0.39 is 17.9 Å². The first-order chi connectivity index (χ1) is 9.23. The lowest BCUT2D eigenvalue weighted by molar-refractivity contribution is -0.140. The molecule has 0 saturated heterocycles. The summed E-state index contributed by atoms with van der Waals surface area (Å²) in [5, 5.41) is 11.6. The van der Waals surface area contributed by atoms with Crippen LogP contribution in [0.5, 0.6) is 0 Å². The van der Waals surface area contributed by atoms with Crippen LogP contribution in [0.2, 0.25) is 0 Å². The van der Waals surface area contributed by atoms with Crippen molar-refractivity contribution in [1.29, 1.82) is 0 Å². The highest BCUT2D eigenvalue weighted by molar-refractivity contribution is 5.98. The number of carbonyl (C=O) groups is 2. The minimum atomic E-state index is -1.05. The predicted molar refractivity (Wildman–Crippen MR) is 78.9 cm³/mol. The normalized spacial score (nSPS) is 12.1. The molecule has 0 bridgehead atoms. The summed E-state index contributed by atoms with van der Waals surface area (Å²) in [6.07, 6.45) is 0. The Morgan fingerprint density at radius 2 is 1.90 bits per heavy atom. The molecular formula is C14H21N3O3. The van der Waals surface area contributed by atoms with Gasteiger partial charge in [-0.05, 0) is 24.1 Å². The van der Waals surface area contributed by atoms with Crippen LogP contribution in [0.25, 0.3) is 0 Å². The van der Waals surface area contributed by atoms with E-state index in [9.17, 15) is 9.59 Å². The van der Waals surface area contributed by atoms with E-state index in [4.69, 9.17) is 10.8 Å². The lowest BCUT2D eigenvalue weighted by Crippen LogP contribution is -2.44. The smallest absolute Gasteiger partial charge is 0.326 e. The predicted octanol–water partition coefficient (Wildman–Crippen LogP) is 1.17. The van der Waals surface area contributed by atoms with Crippen LogP contribution in [0.15, 0.2) is 18.2 Å². The van der Waals surface area contributed by atoms with Gasteiger partial charge in [-0.15, -0.1) is 0 Å². The standard InChI is InChI=1S/C14H21N3O3/c1-8(2)12(14(19)20)16-13(18)9-5-6-11(17(3)4)10(15)7-9/h5-8,12H,15H2,1-4H3,(H,16,18)(H,19,20). The topological polar surface area (TPSA) is 95.7 Å². The molecule has 0 spiro atoms. The van der Waals surface area contributed by atoms with Crippen molar-refractivity contribution in [3.63, 3.8) is 0 Å². The van der Waals surface area contributed by atoms with E-state index in [1.807, 2.05) is 19.0 Å². The third-order valence-electron chi connectivity index (χ3n) is 2.99. The molecule has 110 valence electrons. The Hall–Kier alpha value is -2.24. The number of rotatable bonds is 5. The Morgan fingerprint density at radius 3 is 2.30 bits per heavy atom. The maximum absolute atomic E-state index is 12.1. The van der Waals surface area contributed by atoms with E-state index in [-0.39, 0.29) is 5.92 Å². The van der Waals surface area contributed by atoms with E-state index >= 15 is 0 Å². The quantitative estimate of drug-likeness (QED) is 0.703. The number of carbonyl (C=O) groups excluding carboxylic acids is 1. The monoisotopic (exact) mass is 279 g/mol. The summed E-state index contributed by atoms with van der Waals surface area (Å²) >= 11 is 0. The molecule has 1 aromatic rings. The molecule has 1 unspecified atom stereocenters.